The van der Waals surface area contributed by atoms with Gasteiger partial charge in [0.25, 0.3) is 0 Å². The number of halogens is 2. The van der Waals surface area contributed by atoms with Gasteiger partial charge in [0, 0.05) is 25.1 Å². The van der Waals surface area contributed by atoms with Gasteiger partial charge in [0.15, 0.2) is 4.77 Å². The Bertz CT molecular complexity index is 660. The predicted molar refractivity (Wildman–Crippen MR) is 78.3 cm³/mol. The summed E-state index contributed by atoms with van der Waals surface area (Å²) >= 11 is 8.53. The monoisotopic (exact) mass is 344 g/mol. The molecule has 6 heteroatoms. The fourth-order valence-corrected chi connectivity index (χ4v) is 3.17. The summed E-state index contributed by atoms with van der Waals surface area (Å²) in [5.74, 6) is 0.182. The summed E-state index contributed by atoms with van der Waals surface area (Å²) in [4.78, 5) is 3.12. The molecule has 1 atom stereocenters. The van der Waals surface area contributed by atoms with Crippen molar-refractivity contribution in [2.45, 2.75) is 19.4 Å². The summed E-state index contributed by atoms with van der Waals surface area (Å²) in [5, 5.41) is 0. The van der Waals surface area contributed by atoms with Crippen molar-refractivity contribution < 1.29 is 9.13 Å². The van der Waals surface area contributed by atoms with Crippen molar-refractivity contribution in [2.75, 3.05) is 13.2 Å². The van der Waals surface area contributed by atoms with E-state index in [0.717, 1.165) is 43.6 Å². The first-order valence-electron chi connectivity index (χ1n) is 6.30. The normalized spacial score (nSPS) is 20.0. The van der Waals surface area contributed by atoms with Gasteiger partial charge in [-0.1, -0.05) is 0 Å². The number of nitrogens with zero attached hydrogens (tertiary/aromatic N) is 1. The van der Waals surface area contributed by atoms with Gasteiger partial charge in [0.05, 0.1) is 22.1 Å². The highest BCUT2D eigenvalue weighted by molar-refractivity contribution is 9.10. The second-order valence-corrected chi connectivity index (χ2v) is 6.15. The maximum absolute atomic E-state index is 13.7. The van der Waals surface area contributed by atoms with Gasteiger partial charge in [-0.2, -0.15) is 0 Å². The first kappa shape index (κ1) is 13.3. The molecule has 1 aliphatic rings. The Morgan fingerprint density at radius 2 is 2.37 bits per heavy atom. The number of benzene rings is 1. The third-order valence-corrected chi connectivity index (χ3v) is 4.44. The van der Waals surface area contributed by atoms with Crippen LogP contribution in [-0.4, -0.2) is 22.8 Å². The lowest BCUT2D eigenvalue weighted by Gasteiger charge is -2.22. The highest BCUT2D eigenvalue weighted by Crippen LogP contribution is 2.25. The zero-order valence-electron chi connectivity index (χ0n) is 10.3. The highest BCUT2D eigenvalue weighted by Gasteiger charge is 2.17. The third-order valence-electron chi connectivity index (χ3n) is 3.51. The number of H-pyrrole nitrogens is 1. The average molecular weight is 345 g/mol. The van der Waals surface area contributed by atoms with Crippen LogP contribution < -0.4 is 0 Å². The van der Waals surface area contributed by atoms with Crippen molar-refractivity contribution in [1.29, 1.82) is 0 Å². The van der Waals surface area contributed by atoms with Gasteiger partial charge in [0.1, 0.15) is 5.82 Å². The van der Waals surface area contributed by atoms with Crippen molar-refractivity contribution in [2.24, 2.45) is 5.92 Å². The van der Waals surface area contributed by atoms with Crippen LogP contribution >= 0.6 is 28.1 Å². The molecule has 1 saturated heterocycles. The van der Waals surface area contributed by atoms with Crippen LogP contribution in [0.5, 0.6) is 0 Å². The number of nitrogens with one attached hydrogen (secondary N) is 1. The maximum Gasteiger partial charge on any atom is 0.178 e. The minimum Gasteiger partial charge on any atom is -0.381 e. The summed E-state index contributed by atoms with van der Waals surface area (Å²) in [7, 11) is 0. The largest absolute Gasteiger partial charge is 0.381 e. The standard InChI is InChI=1S/C13H14BrFN2OS/c14-9-4-11-12(5-10(9)15)17(13(19)16-11)6-8-2-1-3-18-7-8/h4-5,8H,1-3,6-7H2,(H,16,19). The Balaban J connectivity index is 2.00. The molecule has 3 rings (SSSR count). The van der Waals surface area contributed by atoms with Crippen LogP contribution in [0.3, 0.4) is 0 Å². The number of hydrogen-bond acceptors (Lipinski definition) is 2. The molecule has 1 aromatic heterocycles. The van der Waals surface area contributed by atoms with Crippen LogP contribution in [0.2, 0.25) is 0 Å². The summed E-state index contributed by atoms with van der Waals surface area (Å²) < 4.78 is 22.2. The van der Waals surface area contributed by atoms with Crippen LogP contribution in [0.15, 0.2) is 16.6 Å². The molecular formula is C13H14BrFN2OS. The van der Waals surface area contributed by atoms with Crippen molar-refractivity contribution in [3.8, 4) is 0 Å². The zero-order valence-corrected chi connectivity index (χ0v) is 12.7. The van der Waals surface area contributed by atoms with Crippen LogP contribution in [0.1, 0.15) is 12.8 Å². The van der Waals surface area contributed by atoms with Gasteiger partial charge < -0.3 is 14.3 Å². The molecule has 1 N–H and O–H groups in total. The van der Waals surface area contributed by atoms with Gasteiger partial charge in [-0.25, -0.2) is 4.39 Å². The Labute approximate surface area is 123 Å². The molecule has 0 amide bonds. The van der Waals surface area contributed by atoms with Gasteiger partial charge >= 0.3 is 0 Å². The number of imidazole rings is 1. The molecule has 0 aliphatic carbocycles. The molecule has 0 spiro atoms. The smallest absolute Gasteiger partial charge is 0.178 e. The quantitative estimate of drug-likeness (QED) is 0.833. The maximum atomic E-state index is 13.7. The van der Waals surface area contributed by atoms with E-state index in [2.05, 4.69) is 20.9 Å². The Hall–Kier alpha value is -0.720. The highest BCUT2D eigenvalue weighted by atomic mass is 79.9. The second-order valence-electron chi connectivity index (χ2n) is 4.91. The zero-order chi connectivity index (χ0) is 13.4. The lowest BCUT2D eigenvalue weighted by Crippen LogP contribution is -2.22. The molecule has 3 nitrogen and oxygen atoms in total. The lowest BCUT2D eigenvalue weighted by atomic mass is 10.0. The number of aromatic nitrogens is 2. The molecular weight excluding hydrogens is 331 g/mol. The number of hydrogen-bond donors (Lipinski definition) is 1. The van der Waals surface area contributed by atoms with E-state index in [-0.39, 0.29) is 5.82 Å². The number of rotatable bonds is 2. The molecule has 0 saturated carbocycles. The molecule has 102 valence electrons. The topological polar surface area (TPSA) is 29.9 Å². The molecule has 19 heavy (non-hydrogen) atoms. The molecule has 1 aliphatic heterocycles. The van der Waals surface area contributed by atoms with E-state index < -0.39 is 0 Å². The van der Waals surface area contributed by atoms with E-state index in [1.807, 2.05) is 4.57 Å². The summed E-state index contributed by atoms with van der Waals surface area (Å²) in [5.41, 5.74) is 1.67. The van der Waals surface area contributed by atoms with Crippen LogP contribution in [0, 0.1) is 16.5 Å². The van der Waals surface area contributed by atoms with E-state index in [4.69, 9.17) is 17.0 Å². The molecule has 0 radical (unpaired) electrons. The van der Waals surface area contributed by atoms with E-state index >= 15 is 0 Å². The van der Waals surface area contributed by atoms with Gasteiger partial charge in [0.2, 0.25) is 0 Å². The van der Waals surface area contributed by atoms with Crippen molar-refractivity contribution in [1.82, 2.24) is 9.55 Å². The van der Waals surface area contributed by atoms with E-state index in [1.54, 1.807) is 6.07 Å². The first-order chi connectivity index (χ1) is 9.15. The summed E-state index contributed by atoms with van der Waals surface area (Å²) in [6, 6.07) is 3.25. The van der Waals surface area contributed by atoms with Crippen molar-refractivity contribution in [3.63, 3.8) is 0 Å². The minimum absolute atomic E-state index is 0.268. The molecule has 1 unspecified atom stereocenters. The lowest BCUT2D eigenvalue weighted by molar-refractivity contribution is 0.0486. The summed E-state index contributed by atoms with van der Waals surface area (Å²) in [6.45, 7) is 2.38. The van der Waals surface area contributed by atoms with E-state index in [9.17, 15) is 4.39 Å². The third kappa shape index (κ3) is 2.61. The van der Waals surface area contributed by atoms with Gasteiger partial charge in [-0.05, 0) is 47.1 Å². The van der Waals surface area contributed by atoms with Crippen LogP contribution in [0.4, 0.5) is 4.39 Å². The fraction of sp³-hybridized carbons (Fsp3) is 0.462. The predicted octanol–water partition coefficient (Wildman–Crippen LogP) is 4.03. The molecule has 1 aromatic carbocycles. The molecule has 2 aromatic rings. The SMILES string of the molecule is Fc1cc2c(cc1Br)[nH]c(=S)n2CC1CCCOC1. The van der Waals surface area contributed by atoms with E-state index in [0.29, 0.717) is 15.2 Å². The minimum atomic E-state index is -0.268. The Morgan fingerprint density at radius 1 is 1.53 bits per heavy atom. The van der Waals surface area contributed by atoms with Crippen molar-refractivity contribution in [3.05, 3.63) is 27.2 Å². The fourth-order valence-electron chi connectivity index (χ4n) is 2.54. The van der Waals surface area contributed by atoms with Gasteiger partial charge in [-0.15, -0.1) is 0 Å². The number of fused-ring (bicyclic) bond motifs is 1. The van der Waals surface area contributed by atoms with Crippen LogP contribution in [0.25, 0.3) is 11.0 Å². The summed E-state index contributed by atoms with van der Waals surface area (Å²) in [6.07, 6.45) is 2.22. The molecule has 2 heterocycles. The second kappa shape index (κ2) is 5.34. The molecule has 1 fully saturated rings. The number of ether oxygens (including phenoxy) is 1. The average Bonchev–Trinajstić information content (AvgIpc) is 2.68. The van der Waals surface area contributed by atoms with E-state index in [1.165, 1.54) is 6.07 Å². The van der Waals surface area contributed by atoms with Crippen LogP contribution in [-0.2, 0) is 11.3 Å². The van der Waals surface area contributed by atoms with Gasteiger partial charge in [-0.3, -0.25) is 0 Å². The Morgan fingerprint density at radius 3 is 3.11 bits per heavy atom. The van der Waals surface area contributed by atoms with Crippen molar-refractivity contribution >= 4 is 39.2 Å². The number of aromatic amines is 1. The first-order valence-corrected chi connectivity index (χ1v) is 7.50. The Kier molecular flexibility index (Phi) is 3.73. The molecule has 0 bridgehead atoms.